The van der Waals surface area contributed by atoms with Crippen LogP contribution in [0.1, 0.15) is 41.4 Å². The highest BCUT2D eigenvalue weighted by molar-refractivity contribution is 7.18. The van der Waals surface area contributed by atoms with Crippen LogP contribution >= 0.6 is 11.3 Å². The molecule has 2 aliphatic carbocycles. The molecule has 0 radical (unpaired) electrons. The maximum absolute atomic E-state index is 12.2. The van der Waals surface area contributed by atoms with Crippen LogP contribution in [0.2, 0.25) is 0 Å². The second-order valence-corrected chi connectivity index (χ2v) is 6.81. The zero-order valence-electron chi connectivity index (χ0n) is 11.8. The van der Waals surface area contributed by atoms with Crippen molar-refractivity contribution < 1.29 is 14.3 Å². The van der Waals surface area contributed by atoms with E-state index < -0.39 is 0 Å². The number of nitrogens with one attached hydrogen (secondary N) is 1. The van der Waals surface area contributed by atoms with Gasteiger partial charge in [-0.05, 0) is 56.6 Å². The molecule has 3 rings (SSSR count). The van der Waals surface area contributed by atoms with Crippen molar-refractivity contribution in [2.24, 2.45) is 17.8 Å². The minimum Gasteiger partial charge on any atom is -0.462 e. The molecule has 0 aromatic carbocycles. The first kappa shape index (κ1) is 13.6. The zero-order valence-corrected chi connectivity index (χ0v) is 12.6. The lowest BCUT2D eigenvalue weighted by Gasteiger charge is -2.10. The number of carbonyl (C=O) groups is 2. The molecule has 1 aromatic rings. The molecule has 0 aliphatic heterocycles. The van der Waals surface area contributed by atoms with Gasteiger partial charge in [-0.15, -0.1) is 11.3 Å². The van der Waals surface area contributed by atoms with E-state index in [1.54, 1.807) is 6.92 Å². The molecule has 108 valence electrons. The van der Waals surface area contributed by atoms with Gasteiger partial charge in [0.05, 0.1) is 11.6 Å². The maximum Gasteiger partial charge on any atom is 0.348 e. The van der Waals surface area contributed by atoms with Crippen molar-refractivity contribution in [1.82, 2.24) is 0 Å². The molecule has 5 heteroatoms. The van der Waals surface area contributed by atoms with E-state index in [9.17, 15) is 9.59 Å². The van der Waals surface area contributed by atoms with E-state index in [0.29, 0.717) is 11.5 Å². The predicted octanol–water partition coefficient (Wildman–Crippen LogP) is 3.22. The van der Waals surface area contributed by atoms with Gasteiger partial charge in [-0.3, -0.25) is 4.79 Å². The van der Waals surface area contributed by atoms with Gasteiger partial charge in [0.1, 0.15) is 4.88 Å². The monoisotopic (exact) mass is 293 g/mol. The van der Waals surface area contributed by atoms with Crippen LogP contribution in [0.15, 0.2) is 6.07 Å². The van der Waals surface area contributed by atoms with Gasteiger partial charge in [0.2, 0.25) is 5.91 Å². The van der Waals surface area contributed by atoms with E-state index in [4.69, 9.17) is 4.74 Å². The molecule has 20 heavy (non-hydrogen) atoms. The summed E-state index contributed by atoms with van der Waals surface area (Å²) < 4.78 is 5.01. The van der Waals surface area contributed by atoms with Crippen molar-refractivity contribution in [3.63, 3.8) is 0 Å². The van der Waals surface area contributed by atoms with Crippen molar-refractivity contribution in [3.05, 3.63) is 16.5 Å². The number of anilines is 1. The van der Waals surface area contributed by atoms with Crippen molar-refractivity contribution in [2.75, 3.05) is 11.9 Å². The first-order valence-electron chi connectivity index (χ1n) is 7.17. The van der Waals surface area contributed by atoms with E-state index >= 15 is 0 Å². The fourth-order valence-electron chi connectivity index (χ4n) is 3.10. The normalized spacial score (nSPS) is 27.0. The number of aryl methyl sites for hydroxylation is 1. The van der Waals surface area contributed by atoms with Crippen LogP contribution in [0.3, 0.4) is 0 Å². The predicted molar refractivity (Wildman–Crippen MR) is 78.0 cm³/mol. The molecule has 2 unspecified atom stereocenters. The standard InChI is InChI=1S/C15H19NO3S/c1-3-19-15(18)13-8(2)4-12(20-13)16-14(17)11-6-9-5-10(9)7-11/h4,9-11H,3,5-7H2,1-2H3,(H,16,17). The Morgan fingerprint density at radius 3 is 2.70 bits per heavy atom. The highest BCUT2D eigenvalue weighted by Crippen LogP contribution is 2.54. The molecular formula is C15H19NO3S. The molecule has 2 fully saturated rings. The Morgan fingerprint density at radius 1 is 1.35 bits per heavy atom. The van der Waals surface area contributed by atoms with Crippen molar-refractivity contribution in [3.8, 4) is 0 Å². The number of rotatable bonds is 4. The summed E-state index contributed by atoms with van der Waals surface area (Å²) in [6.07, 6.45) is 3.38. The number of amides is 1. The Morgan fingerprint density at radius 2 is 2.05 bits per heavy atom. The quantitative estimate of drug-likeness (QED) is 0.867. The molecule has 4 nitrogen and oxygen atoms in total. The van der Waals surface area contributed by atoms with Crippen molar-refractivity contribution >= 4 is 28.2 Å². The van der Waals surface area contributed by atoms with Crippen LogP contribution in [0.5, 0.6) is 0 Å². The van der Waals surface area contributed by atoms with E-state index in [2.05, 4.69) is 5.32 Å². The number of ether oxygens (including phenoxy) is 1. The largest absolute Gasteiger partial charge is 0.462 e. The molecular weight excluding hydrogens is 274 g/mol. The fourth-order valence-corrected chi connectivity index (χ4v) is 4.06. The third kappa shape index (κ3) is 2.59. The van der Waals surface area contributed by atoms with Crippen LogP contribution in [0.4, 0.5) is 5.00 Å². The number of fused-ring (bicyclic) bond motifs is 1. The number of hydrogen-bond donors (Lipinski definition) is 1. The van der Waals surface area contributed by atoms with Crippen LogP contribution in [0, 0.1) is 24.7 Å². The summed E-state index contributed by atoms with van der Waals surface area (Å²) in [6.45, 7) is 4.01. The van der Waals surface area contributed by atoms with E-state index in [1.807, 2.05) is 13.0 Å². The van der Waals surface area contributed by atoms with Crippen LogP contribution in [-0.4, -0.2) is 18.5 Å². The average Bonchev–Trinajstić information content (AvgIpc) is 2.83. The molecule has 0 spiro atoms. The second kappa shape index (κ2) is 5.20. The second-order valence-electron chi connectivity index (χ2n) is 5.76. The Hall–Kier alpha value is -1.36. The number of thiophene rings is 1. The van der Waals surface area contributed by atoms with Crippen LogP contribution < -0.4 is 5.32 Å². The van der Waals surface area contributed by atoms with Crippen LogP contribution in [-0.2, 0) is 9.53 Å². The van der Waals surface area contributed by atoms with E-state index in [1.165, 1.54) is 17.8 Å². The molecule has 2 aliphatic rings. The van der Waals surface area contributed by atoms with Gasteiger partial charge in [0.15, 0.2) is 0 Å². The van der Waals surface area contributed by atoms with Gasteiger partial charge >= 0.3 is 5.97 Å². The molecule has 1 amide bonds. The van der Waals surface area contributed by atoms with Gasteiger partial charge < -0.3 is 10.1 Å². The summed E-state index contributed by atoms with van der Waals surface area (Å²) in [5, 5.41) is 3.70. The third-order valence-corrected chi connectivity index (χ3v) is 5.37. The Labute approximate surface area is 122 Å². The third-order valence-electron chi connectivity index (χ3n) is 4.24. The molecule has 1 heterocycles. The average molecular weight is 293 g/mol. The highest BCUT2D eigenvalue weighted by Gasteiger charge is 2.48. The molecule has 1 N–H and O–H groups in total. The van der Waals surface area contributed by atoms with E-state index in [0.717, 1.165) is 35.2 Å². The summed E-state index contributed by atoms with van der Waals surface area (Å²) in [5.41, 5.74) is 0.859. The van der Waals surface area contributed by atoms with E-state index in [-0.39, 0.29) is 17.8 Å². The lowest BCUT2D eigenvalue weighted by molar-refractivity contribution is -0.119. The molecule has 0 saturated heterocycles. The summed E-state index contributed by atoms with van der Waals surface area (Å²) in [6, 6.07) is 1.85. The fraction of sp³-hybridized carbons (Fsp3) is 0.600. The molecule has 2 saturated carbocycles. The smallest absolute Gasteiger partial charge is 0.348 e. The lowest BCUT2D eigenvalue weighted by Crippen LogP contribution is -2.20. The summed E-state index contributed by atoms with van der Waals surface area (Å²) >= 11 is 1.30. The first-order valence-corrected chi connectivity index (χ1v) is 7.98. The SMILES string of the molecule is CCOC(=O)c1sc(NC(=O)C2CC3CC3C2)cc1C. The van der Waals surface area contributed by atoms with Crippen molar-refractivity contribution in [1.29, 1.82) is 0 Å². The van der Waals surface area contributed by atoms with Crippen molar-refractivity contribution in [2.45, 2.75) is 33.1 Å². The first-order chi connectivity index (χ1) is 9.58. The number of hydrogen-bond acceptors (Lipinski definition) is 4. The summed E-state index contributed by atoms with van der Waals surface area (Å²) in [4.78, 5) is 24.5. The summed E-state index contributed by atoms with van der Waals surface area (Å²) in [7, 11) is 0. The molecule has 0 bridgehead atoms. The van der Waals surface area contributed by atoms with Gasteiger partial charge in [-0.1, -0.05) is 0 Å². The number of esters is 1. The Bertz CT molecular complexity index is 541. The zero-order chi connectivity index (χ0) is 14.3. The van der Waals surface area contributed by atoms with Gasteiger partial charge in [-0.2, -0.15) is 0 Å². The molecule has 1 aromatic heterocycles. The minimum atomic E-state index is -0.308. The maximum atomic E-state index is 12.2. The van der Waals surface area contributed by atoms with Gasteiger partial charge in [0, 0.05) is 5.92 Å². The minimum absolute atomic E-state index is 0.105. The van der Waals surface area contributed by atoms with Crippen LogP contribution in [0.25, 0.3) is 0 Å². The Kier molecular flexibility index (Phi) is 3.54. The Balaban J connectivity index is 1.64. The number of carbonyl (C=O) groups excluding carboxylic acids is 2. The summed E-state index contributed by atoms with van der Waals surface area (Å²) in [5.74, 6) is 1.55. The van der Waals surface area contributed by atoms with Gasteiger partial charge in [-0.25, -0.2) is 4.79 Å². The molecule has 2 atom stereocenters. The van der Waals surface area contributed by atoms with Gasteiger partial charge in [0.25, 0.3) is 0 Å². The highest BCUT2D eigenvalue weighted by atomic mass is 32.1. The topological polar surface area (TPSA) is 55.4 Å². The lowest BCUT2D eigenvalue weighted by atomic mass is 10.0.